The summed E-state index contributed by atoms with van der Waals surface area (Å²) < 4.78 is 5.89. The first-order valence-electron chi connectivity index (χ1n) is 10.7. The Hall–Kier alpha value is -3.31. The Morgan fingerprint density at radius 2 is 1.62 bits per heavy atom. The number of carbonyl (C=O) groups excluding carboxylic acids is 1. The van der Waals surface area contributed by atoms with E-state index in [0.717, 1.165) is 40.2 Å². The van der Waals surface area contributed by atoms with Gasteiger partial charge in [-0.25, -0.2) is 4.99 Å². The van der Waals surface area contributed by atoms with Gasteiger partial charge in [0.25, 0.3) is 5.91 Å². The third-order valence-electron chi connectivity index (χ3n) is 5.16. The molecule has 1 aliphatic heterocycles. The van der Waals surface area contributed by atoms with Crippen molar-refractivity contribution < 1.29 is 9.53 Å². The van der Waals surface area contributed by atoms with Crippen molar-refractivity contribution in [3.63, 3.8) is 0 Å². The molecule has 3 aromatic rings. The first kappa shape index (κ1) is 21.9. The lowest BCUT2D eigenvalue weighted by Gasteiger charge is -2.18. The zero-order valence-electron chi connectivity index (χ0n) is 18.5. The van der Waals surface area contributed by atoms with Gasteiger partial charge in [-0.2, -0.15) is 0 Å². The zero-order chi connectivity index (χ0) is 22.5. The summed E-state index contributed by atoms with van der Waals surface area (Å²) in [5, 5.41) is 0.650. The molecule has 0 radical (unpaired) electrons. The predicted molar refractivity (Wildman–Crippen MR) is 135 cm³/mol. The van der Waals surface area contributed by atoms with Crippen LogP contribution in [0.15, 0.2) is 82.7 Å². The molecule has 0 aromatic heterocycles. The summed E-state index contributed by atoms with van der Waals surface area (Å²) in [4.78, 5) is 20.8. The molecule has 1 heterocycles. The van der Waals surface area contributed by atoms with E-state index < -0.39 is 0 Å². The Kier molecular flexibility index (Phi) is 6.76. The SMILES string of the molecule is CCCOc1ccccc1/C=C1\SC(=Nc2ccccc2C)N(c2ccccc2C)C1=O. The minimum Gasteiger partial charge on any atom is -0.493 e. The number of amidine groups is 1. The quantitative estimate of drug-likeness (QED) is 0.390. The Bertz CT molecular complexity index is 1200. The monoisotopic (exact) mass is 442 g/mol. The zero-order valence-corrected chi connectivity index (χ0v) is 19.4. The molecule has 1 fully saturated rings. The molecule has 32 heavy (non-hydrogen) atoms. The highest BCUT2D eigenvalue weighted by Gasteiger charge is 2.35. The number of ether oxygens (including phenoxy) is 1. The number of nitrogens with zero attached hydrogens (tertiary/aromatic N) is 2. The van der Waals surface area contributed by atoms with Crippen LogP contribution in [0.5, 0.6) is 5.75 Å². The summed E-state index contributed by atoms with van der Waals surface area (Å²) in [6.45, 7) is 6.74. The van der Waals surface area contributed by atoms with Gasteiger partial charge >= 0.3 is 0 Å². The number of para-hydroxylation sites is 3. The van der Waals surface area contributed by atoms with Gasteiger partial charge in [0, 0.05) is 5.56 Å². The van der Waals surface area contributed by atoms with Crippen LogP contribution in [0.3, 0.4) is 0 Å². The number of benzene rings is 3. The van der Waals surface area contributed by atoms with Crippen LogP contribution < -0.4 is 9.64 Å². The number of hydrogen-bond acceptors (Lipinski definition) is 4. The Morgan fingerprint density at radius 1 is 0.938 bits per heavy atom. The molecule has 1 saturated heterocycles. The van der Waals surface area contributed by atoms with E-state index in [0.29, 0.717) is 16.7 Å². The number of rotatable bonds is 6. The van der Waals surface area contributed by atoms with E-state index in [2.05, 4.69) is 6.92 Å². The maximum absolute atomic E-state index is 13.6. The second-order valence-corrected chi connectivity index (χ2v) is 8.61. The summed E-state index contributed by atoms with van der Waals surface area (Å²) in [5.74, 6) is 0.698. The van der Waals surface area contributed by atoms with Crippen LogP contribution in [-0.4, -0.2) is 17.7 Å². The fraction of sp³-hybridized carbons (Fsp3) is 0.185. The average molecular weight is 443 g/mol. The molecule has 162 valence electrons. The molecule has 0 unspecified atom stereocenters. The number of anilines is 1. The minimum absolute atomic E-state index is 0.0815. The molecule has 1 amide bonds. The van der Waals surface area contributed by atoms with Crippen LogP contribution in [0.1, 0.15) is 30.0 Å². The fourth-order valence-electron chi connectivity index (χ4n) is 3.45. The molecular weight excluding hydrogens is 416 g/mol. The number of thioether (sulfide) groups is 1. The van der Waals surface area contributed by atoms with Crippen molar-refractivity contribution in [3.8, 4) is 5.75 Å². The lowest BCUT2D eigenvalue weighted by molar-refractivity contribution is -0.113. The molecule has 0 atom stereocenters. The third kappa shape index (κ3) is 4.63. The van der Waals surface area contributed by atoms with Crippen LogP contribution in [0.4, 0.5) is 11.4 Å². The number of aliphatic imine (C=N–C) groups is 1. The third-order valence-corrected chi connectivity index (χ3v) is 6.13. The van der Waals surface area contributed by atoms with E-state index in [4.69, 9.17) is 9.73 Å². The fourth-order valence-corrected chi connectivity index (χ4v) is 4.43. The summed E-state index contributed by atoms with van der Waals surface area (Å²) >= 11 is 1.39. The van der Waals surface area contributed by atoms with Gasteiger partial charge in [-0.15, -0.1) is 0 Å². The van der Waals surface area contributed by atoms with Gasteiger partial charge in [0.15, 0.2) is 5.17 Å². The molecule has 4 rings (SSSR count). The summed E-state index contributed by atoms with van der Waals surface area (Å²) in [5.41, 5.74) is 4.67. The average Bonchev–Trinajstić information content (AvgIpc) is 3.09. The second kappa shape index (κ2) is 9.88. The highest BCUT2D eigenvalue weighted by molar-refractivity contribution is 8.19. The van der Waals surface area contributed by atoms with Gasteiger partial charge in [-0.05, 0) is 67.4 Å². The molecular formula is C27H26N2O2S. The summed E-state index contributed by atoms with van der Waals surface area (Å²) in [6, 6.07) is 23.6. The molecule has 0 aliphatic carbocycles. The van der Waals surface area contributed by atoms with E-state index in [1.807, 2.05) is 92.7 Å². The summed E-state index contributed by atoms with van der Waals surface area (Å²) in [6.07, 6.45) is 2.83. The highest BCUT2D eigenvalue weighted by atomic mass is 32.2. The van der Waals surface area contributed by atoms with E-state index >= 15 is 0 Å². The van der Waals surface area contributed by atoms with Gasteiger partial charge in [-0.3, -0.25) is 9.69 Å². The molecule has 0 bridgehead atoms. The van der Waals surface area contributed by atoms with Crippen molar-refractivity contribution >= 4 is 40.3 Å². The van der Waals surface area contributed by atoms with Crippen molar-refractivity contribution in [1.29, 1.82) is 0 Å². The number of amides is 1. The minimum atomic E-state index is -0.0815. The largest absolute Gasteiger partial charge is 0.493 e. The van der Waals surface area contributed by atoms with Crippen molar-refractivity contribution in [3.05, 3.63) is 94.4 Å². The van der Waals surface area contributed by atoms with Gasteiger partial charge in [0.2, 0.25) is 0 Å². The van der Waals surface area contributed by atoms with E-state index in [1.165, 1.54) is 11.8 Å². The van der Waals surface area contributed by atoms with Gasteiger partial charge in [0.05, 0.1) is 22.9 Å². The van der Waals surface area contributed by atoms with Crippen LogP contribution in [-0.2, 0) is 4.79 Å². The highest BCUT2D eigenvalue weighted by Crippen LogP contribution is 2.39. The van der Waals surface area contributed by atoms with Crippen LogP contribution in [0.2, 0.25) is 0 Å². The summed E-state index contributed by atoms with van der Waals surface area (Å²) in [7, 11) is 0. The second-order valence-electron chi connectivity index (χ2n) is 7.60. The lowest BCUT2D eigenvalue weighted by atomic mass is 10.1. The number of carbonyl (C=O) groups is 1. The van der Waals surface area contributed by atoms with E-state index in [-0.39, 0.29) is 5.91 Å². The van der Waals surface area contributed by atoms with Crippen LogP contribution >= 0.6 is 11.8 Å². The van der Waals surface area contributed by atoms with Crippen molar-refractivity contribution in [2.45, 2.75) is 27.2 Å². The predicted octanol–water partition coefficient (Wildman–Crippen LogP) is 6.90. The van der Waals surface area contributed by atoms with Gasteiger partial charge in [0.1, 0.15) is 5.75 Å². The smallest absolute Gasteiger partial charge is 0.271 e. The van der Waals surface area contributed by atoms with Crippen molar-refractivity contribution in [2.75, 3.05) is 11.5 Å². The first-order chi connectivity index (χ1) is 15.6. The Morgan fingerprint density at radius 3 is 2.38 bits per heavy atom. The Balaban J connectivity index is 1.79. The van der Waals surface area contributed by atoms with Crippen LogP contribution in [0.25, 0.3) is 6.08 Å². The maximum Gasteiger partial charge on any atom is 0.271 e. The molecule has 3 aromatic carbocycles. The molecule has 1 aliphatic rings. The lowest BCUT2D eigenvalue weighted by Crippen LogP contribution is -2.29. The van der Waals surface area contributed by atoms with Crippen molar-refractivity contribution in [1.82, 2.24) is 0 Å². The molecule has 4 nitrogen and oxygen atoms in total. The van der Waals surface area contributed by atoms with Crippen molar-refractivity contribution in [2.24, 2.45) is 4.99 Å². The standard InChI is InChI=1S/C27H26N2O2S/c1-4-17-31-24-16-10-7-13-21(24)18-25-26(30)29(23-15-9-6-12-20(23)3)27(32-25)28-22-14-8-5-11-19(22)2/h5-16,18H,4,17H2,1-3H3/b25-18-,28-27?. The number of aryl methyl sites for hydroxylation is 2. The van der Waals surface area contributed by atoms with Crippen LogP contribution in [0, 0.1) is 13.8 Å². The van der Waals surface area contributed by atoms with Gasteiger partial charge in [-0.1, -0.05) is 61.5 Å². The molecule has 5 heteroatoms. The molecule has 0 saturated carbocycles. The maximum atomic E-state index is 13.6. The Labute approximate surface area is 193 Å². The molecule has 0 N–H and O–H groups in total. The molecule has 0 spiro atoms. The van der Waals surface area contributed by atoms with E-state index in [9.17, 15) is 4.79 Å². The normalized spacial score (nSPS) is 16.2. The first-order valence-corrected chi connectivity index (χ1v) is 11.6. The number of hydrogen-bond donors (Lipinski definition) is 0. The van der Waals surface area contributed by atoms with Gasteiger partial charge < -0.3 is 4.74 Å². The van der Waals surface area contributed by atoms with E-state index in [1.54, 1.807) is 4.90 Å². The topological polar surface area (TPSA) is 41.9 Å².